The monoisotopic (exact) mass is 294 g/mol. The Kier molecular flexibility index (Phi) is 6.98. The Balaban J connectivity index is 0. The van der Waals surface area contributed by atoms with Crippen molar-refractivity contribution in [2.45, 2.75) is 0 Å². The molecular weight excluding hydrogens is 295 g/mol. The fourth-order valence-corrected chi connectivity index (χ4v) is 0. The maximum Gasteiger partial charge on any atom is 0 e. The molecule has 0 amide bonds. The van der Waals surface area contributed by atoms with Gasteiger partial charge in [-0.05, 0) is 0 Å². The van der Waals surface area contributed by atoms with Gasteiger partial charge in [-0.25, -0.2) is 0 Å². The van der Waals surface area contributed by atoms with Crippen molar-refractivity contribution in [1.29, 1.82) is 0 Å². The summed E-state index contributed by atoms with van der Waals surface area (Å²) in [6.07, 6.45) is 0. The van der Waals surface area contributed by atoms with Crippen LogP contribution in [0.3, 0.4) is 0 Å². The van der Waals surface area contributed by atoms with Gasteiger partial charge < -0.3 is 9.90 Å². The average Bonchev–Trinajstić information content (AvgIpc) is 0.918. The third-order valence-electron chi connectivity index (χ3n) is 0. The third kappa shape index (κ3) is 0.0564. The second kappa shape index (κ2) is 1.16. The third-order valence-corrected chi connectivity index (χ3v) is 0. The van der Waals surface area contributed by atoms with E-state index >= 15 is 0 Å². The van der Waals surface area contributed by atoms with Crippen LogP contribution in [0.25, 0.3) is 0 Å². The Hall–Kier alpha value is -1.53. The Morgan fingerprint density at radius 2 is 1.75 bits per heavy atom. The fourth-order valence-electron chi connectivity index (χ4n) is 0. The summed E-state index contributed by atoms with van der Waals surface area (Å²) < 4.78 is 0. The molecule has 0 aliphatic rings. The minimum Gasteiger partial charge on any atom is -0.665 e. The Morgan fingerprint density at radius 1 is 1.75 bits per heavy atom. The van der Waals surface area contributed by atoms with Gasteiger partial charge in [0.1, 0.15) is 0 Å². The molecule has 0 bridgehead atoms. The molecule has 28 valence electrons. The molecule has 0 aliphatic heterocycles. The zero-order valence-electron chi connectivity index (χ0n) is 1.67. The molecule has 0 atom stereocenters. The number of aliphatic hydroxyl groups excluding tert-OH is 1. The molecule has 0 saturated heterocycles. The summed E-state index contributed by atoms with van der Waals surface area (Å²) in [6, 6.07) is 0. The molecule has 0 fully saturated rings. The Labute approximate surface area is 17.7 Å². The van der Waals surface area contributed by atoms with E-state index < -0.39 is 0 Å². The van der Waals surface area contributed by atoms with Crippen molar-refractivity contribution in [3.8, 4) is 0 Å². The van der Waals surface area contributed by atoms with Gasteiger partial charge in [-0.1, -0.05) is 6.47 Å². The first kappa shape index (κ1) is 24.2. The van der Waals surface area contributed by atoms with Crippen LogP contribution in [0.5, 0.6) is 0 Å². The largest absolute Gasteiger partial charge is 0.665 e. The fraction of sp³-hybridized carbons (Fsp3) is 0. The van der Waals surface area contributed by atoms with Gasteiger partial charge >= 0.3 is 0 Å². The van der Waals surface area contributed by atoms with Crippen molar-refractivity contribution in [2.24, 2.45) is 0 Å². The summed E-state index contributed by atoms with van der Waals surface area (Å²) >= 11 is 0. The predicted octanol–water partition coefficient (Wildman–Crippen LogP) is -0.388. The first-order valence-electron chi connectivity index (χ1n) is 0.428. The van der Waals surface area contributed by atoms with Gasteiger partial charge in [-0.15, -0.1) is 0 Å². The van der Waals surface area contributed by atoms with E-state index in [1.165, 1.54) is 0 Å². The quantitative estimate of drug-likeness (QED) is 0.618. The summed E-state index contributed by atoms with van der Waals surface area (Å²) in [5.74, 6) is 0. The minimum atomic E-state index is 0. The van der Waals surface area contributed by atoms with Crippen LogP contribution in [0.2, 0.25) is 0 Å². The van der Waals surface area contributed by atoms with E-state index in [9.17, 15) is 0 Å². The van der Waals surface area contributed by atoms with Crippen LogP contribution in [-0.2, 0) is 4.79 Å². The second-order valence-electron chi connectivity index (χ2n) is 0.0913. The van der Waals surface area contributed by atoms with Gasteiger partial charge in [0, 0.05) is 0 Å². The van der Waals surface area contributed by atoms with Crippen LogP contribution in [0.15, 0.2) is 0 Å². The van der Waals surface area contributed by atoms with Crippen molar-refractivity contribution in [3.05, 3.63) is 0 Å². The van der Waals surface area contributed by atoms with Crippen LogP contribution < -0.4 is 0 Å². The molecule has 0 rings (SSSR count). The van der Waals surface area contributed by atoms with E-state index in [1.54, 1.807) is 0 Å². The zero-order valence-corrected chi connectivity index (χ0v) is 4.31. The maximum atomic E-state index is 8.24. The molecule has 0 aromatic heterocycles. The second-order valence-corrected chi connectivity index (χ2v) is 0.0913. The van der Waals surface area contributed by atoms with Crippen LogP contribution in [-0.4, -0.2) is 11.6 Å². The molecule has 0 radical (unpaired) electrons. The van der Waals surface area contributed by atoms with Crippen molar-refractivity contribution in [1.82, 2.24) is 0 Å². The number of rotatable bonds is 0. The van der Waals surface area contributed by atoms with Gasteiger partial charge in [-0.2, -0.15) is 0 Å². The van der Waals surface area contributed by atoms with Gasteiger partial charge in [0.25, 0.3) is 0 Å². The Morgan fingerprint density at radius 3 is 1.75 bits per heavy atom. The van der Waals surface area contributed by atoms with E-state index in [2.05, 4.69) is 0 Å². The SMILES string of the molecule is O=[C-]O.[Cf]. The van der Waals surface area contributed by atoms with Crippen LogP contribution in [0.4, 0.5) is 0 Å². The Bertz CT molecular complexity index is 13.5. The van der Waals surface area contributed by atoms with Crippen LogP contribution in [0, 0.1) is 0 Å². The van der Waals surface area contributed by atoms with Gasteiger partial charge in [0.2, 0.25) is 0 Å². The van der Waals surface area contributed by atoms with E-state index in [0.29, 0.717) is 6.47 Å². The molecule has 4 heavy (non-hydrogen) atoms. The number of hydrogen-bond acceptors (Lipinski definition) is 1. The number of hydrogen-bond donors (Lipinski definition) is 1. The molecule has 0 unspecified atom stereocenters. The maximum absolute atomic E-state index is 8.24. The summed E-state index contributed by atoms with van der Waals surface area (Å²) in [5, 5.41) is 6.76. The summed E-state index contributed by atoms with van der Waals surface area (Å²) in [4.78, 5) is 8.24. The van der Waals surface area contributed by atoms with Gasteiger partial charge in [-0.3, -0.25) is 0 Å². The molecule has 2 nitrogen and oxygen atoms in total. The molecule has 3 heteroatoms. The average molecular weight is 296 g/mol. The van der Waals surface area contributed by atoms with Crippen LogP contribution >= 0.6 is 0 Å². The van der Waals surface area contributed by atoms with Crippen molar-refractivity contribution >= 4 is 6.47 Å². The zero-order chi connectivity index (χ0) is 2.71. The summed E-state index contributed by atoms with van der Waals surface area (Å²) in [5.41, 5.74) is 0. The first-order valence-corrected chi connectivity index (χ1v) is 0.428. The standard InChI is InChI=1S/CHO2.Cf/c2-1-3;/h(H,2,3);/q-1;. The minimum absolute atomic E-state index is 0. The topological polar surface area (TPSA) is 37.3 Å². The van der Waals surface area contributed by atoms with Crippen molar-refractivity contribution in [2.75, 3.05) is 0 Å². The molecule has 0 aliphatic carbocycles. The van der Waals surface area contributed by atoms with E-state index in [-0.39, 0.29) is 0 Å². The van der Waals surface area contributed by atoms with Crippen molar-refractivity contribution < 1.29 is 9.90 Å². The smallest absolute Gasteiger partial charge is 0 e. The van der Waals surface area contributed by atoms with Gasteiger partial charge in [0.05, 0.1) is 0 Å². The molecule has 0 aromatic rings. The summed E-state index contributed by atoms with van der Waals surface area (Å²) in [7, 11) is 0. The summed E-state index contributed by atoms with van der Waals surface area (Å²) in [6.45, 7) is 0.500. The molecular formula is CHCfO2-. The molecule has 0 heterocycles. The first-order chi connectivity index (χ1) is 1.41. The van der Waals surface area contributed by atoms with E-state index in [4.69, 9.17) is 9.90 Å². The molecule has 0 saturated carbocycles. The van der Waals surface area contributed by atoms with Gasteiger partial charge in [0.15, 0.2) is 0 Å². The predicted molar refractivity (Wildman–Crippen MR) is 8.32 cm³/mol. The van der Waals surface area contributed by atoms with Crippen molar-refractivity contribution in [3.63, 3.8) is 0 Å². The normalized spacial score (nSPS) is 3.00. The van der Waals surface area contributed by atoms with E-state index in [1.807, 2.05) is 0 Å². The van der Waals surface area contributed by atoms with Crippen LogP contribution in [0.1, 0.15) is 0 Å². The molecule has 1 N–H and O–H groups in total. The molecule has 0 aromatic carbocycles. The molecule has 0 spiro atoms. The van der Waals surface area contributed by atoms with E-state index in [0.717, 1.165) is 0 Å².